The summed E-state index contributed by atoms with van der Waals surface area (Å²) in [7, 11) is 0. The third-order valence-electron chi connectivity index (χ3n) is 9.79. The van der Waals surface area contributed by atoms with Crippen molar-refractivity contribution in [3.05, 3.63) is 68.8 Å². The Morgan fingerprint density at radius 3 is 2.26 bits per heavy atom. The van der Waals surface area contributed by atoms with Gasteiger partial charge in [0.1, 0.15) is 6.61 Å². The van der Waals surface area contributed by atoms with E-state index in [0.29, 0.717) is 17.5 Å². The van der Waals surface area contributed by atoms with Gasteiger partial charge in [0.25, 0.3) is 0 Å². The highest BCUT2D eigenvalue weighted by atomic mass is 16.3. The Bertz CT molecular complexity index is 1830. The van der Waals surface area contributed by atoms with Gasteiger partial charge in [-0.3, -0.25) is 24.4 Å². The minimum atomic E-state index is -0.487. The Labute approximate surface area is 245 Å². The second-order valence-electron chi connectivity index (χ2n) is 12.3. The maximum atomic E-state index is 13.4. The van der Waals surface area contributed by atoms with E-state index in [9.17, 15) is 19.5 Å². The molecule has 1 aliphatic carbocycles. The summed E-state index contributed by atoms with van der Waals surface area (Å²) in [5.74, 6) is 0.0804. The second-order valence-corrected chi connectivity index (χ2v) is 12.3. The molecule has 3 aromatic rings. The first kappa shape index (κ1) is 28.2. The zero-order valence-electron chi connectivity index (χ0n) is 25.1. The SMILES string of the molecule is CC[C@H]1c2cc3[nH]c4c(c5nc(cc6[nH]c(cc(n2)[C@@H]1C)c(C(C)=O)c6C)[C@@H](C)[C@@H]5CCC(=O)CO)CC(=O)c4c3C. The lowest BCUT2D eigenvalue weighted by Crippen LogP contribution is -2.10. The maximum absolute atomic E-state index is 13.4. The number of aryl methyl sites for hydroxylation is 2. The van der Waals surface area contributed by atoms with E-state index in [1.807, 2.05) is 26.0 Å². The molecular weight excluding hydrogens is 528 g/mol. The lowest BCUT2D eigenvalue weighted by molar-refractivity contribution is -0.121. The first-order chi connectivity index (χ1) is 20.0. The van der Waals surface area contributed by atoms with Crippen molar-refractivity contribution in [2.45, 2.75) is 90.9 Å². The number of aliphatic hydroxyl groups excluding tert-OH is 1. The molecule has 0 saturated heterocycles. The summed E-state index contributed by atoms with van der Waals surface area (Å²) in [5, 5.41) is 9.38. The van der Waals surface area contributed by atoms with E-state index in [-0.39, 0.29) is 53.9 Å². The quantitative estimate of drug-likeness (QED) is 0.296. The summed E-state index contributed by atoms with van der Waals surface area (Å²) in [5.41, 5.74) is 10.8. The van der Waals surface area contributed by atoms with Crippen LogP contribution in [0.25, 0.3) is 22.1 Å². The molecule has 2 aliphatic heterocycles. The molecule has 6 rings (SSSR count). The number of ketones is 3. The smallest absolute Gasteiger partial charge is 0.169 e. The summed E-state index contributed by atoms with van der Waals surface area (Å²) >= 11 is 0. The number of H-pyrrole nitrogens is 2. The van der Waals surface area contributed by atoms with Crippen LogP contribution in [0.1, 0.15) is 131 Å². The maximum Gasteiger partial charge on any atom is 0.169 e. The molecule has 8 heteroatoms. The van der Waals surface area contributed by atoms with E-state index < -0.39 is 6.61 Å². The molecule has 42 heavy (non-hydrogen) atoms. The fourth-order valence-electron chi connectivity index (χ4n) is 7.34. The predicted octanol–water partition coefficient (Wildman–Crippen LogP) is 6.40. The molecule has 0 fully saturated rings. The van der Waals surface area contributed by atoms with Gasteiger partial charge in [0.05, 0.1) is 16.7 Å². The lowest BCUT2D eigenvalue weighted by atomic mass is 9.85. The number of hydrogen-bond donors (Lipinski definition) is 3. The summed E-state index contributed by atoms with van der Waals surface area (Å²) in [6.07, 6.45) is 1.93. The molecular formula is C34H38N4O4. The highest BCUT2D eigenvalue weighted by Crippen LogP contribution is 2.45. The molecule has 0 spiro atoms. The van der Waals surface area contributed by atoms with E-state index in [2.05, 4.69) is 36.8 Å². The number of aromatic amines is 2. The van der Waals surface area contributed by atoms with E-state index in [1.165, 1.54) is 0 Å². The monoisotopic (exact) mass is 566 g/mol. The van der Waals surface area contributed by atoms with Crippen LogP contribution in [-0.4, -0.2) is 49.0 Å². The summed E-state index contributed by atoms with van der Waals surface area (Å²) in [6.45, 7) is 11.5. The Morgan fingerprint density at radius 2 is 1.57 bits per heavy atom. The number of carbonyl (C=O) groups excluding carboxylic acids is 3. The molecule has 0 saturated carbocycles. The zero-order valence-corrected chi connectivity index (χ0v) is 25.1. The Morgan fingerprint density at radius 1 is 0.929 bits per heavy atom. The van der Waals surface area contributed by atoms with Crippen LogP contribution in [0.2, 0.25) is 0 Å². The van der Waals surface area contributed by atoms with Crippen LogP contribution < -0.4 is 0 Å². The van der Waals surface area contributed by atoms with Crippen molar-refractivity contribution in [2.75, 3.05) is 6.61 Å². The molecule has 4 atom stereocenters. The van der Waals surface area contributed by atoms with Crippen molar-refractivity contribution in [1.82, 2.24) is 19.9 Å². The average molecular weight is 567 g/mol. The van der Waals surface area contributed by atoms with Gasteiger partial charge in [-0.2, -0.15) is 0 Å². The van der Waals surface area contributed by atoms with Crippen molar-refractivity contribution in [1.29, 1.82) is 0 Å². The molecule has 3 aromatic heterocycles. The van der Waals surface area contributed by atoms with Gasteiger partial charge >= 0.3 is 0 Å². The molecule has 8 bridgehead atoms. The highest BCUT2D eigenvalue weighted by molar-refractivity contribution is 6.13. The van der Waals surface area contributed by atoms with Gasteiger partial charge in [0.15, 0.2) is 17.3 Å². The fourth-order valence-corrected chi connectivity index (χ4v) is 7.34. The van der Waals surface area contributed by atoms with Crippen LogP contribution in [0.15, 0.2) is 18.2 Å². The largest absolute Gasteiger partial charge is 0.389 e. The van der Waals surface area contributed by atoms with E-state index in [4.69, 9.17) is 9.97 Å². The third-order valence-corrected chi connectivity index (χ3v) is 9.79. The van der Waals surface area contributed by atoms with E-state index >= 15 is 0 Å². The molecule has 0 amide bonds. The molecule has 0 radical (unpaired) electrons. The number of fused-ring (bicyclic) bond motifs is 8. The van der Waals surface area contributed by atoms with Crippen molar-refractivity contribution in [3.63, 3.8) is 0 Å². The van der Waals surface area contributed by atoms with Gasteiger partial charge in [0.2, 0.25) is 0 Å². The summed E-state index contributed by atoms with van der Waals surface area (Å²) in [6, 6.07) is 6.10. The van der Waals surface area contributed by atoms with Crippen LogP contribution in [0.4, 0.5) is 0 Å². The molecule has 218 valence electrons. The molecule has 0 aromatic carbocycles. The molecule has 5 heterocycles. The van der Waals surface area contributed by atoms with E-state index in [1.54, 1.807) is 6.92 Å². The molecule has 0 unspecified atom stereocenters. The van der Waals surface area contributed by atoms with Gasteiger partial charge in [-0.15, -0.1) is 0 Å². The highest BCUT2D eigenvalue weighted by Gasteiger charge is 2.36. The number of aromatic nitrogens is 4. The first-order valence-corrected chi connectivity index (χ1v) is 15.0. The van der Waals surface area contributed by atoms with Crippen molar-refractivity contribution in [2.24, 2.45) is 0 Å². The van der Waals surface area contributed by atoms with Crippen LogP contribution in [-0.2, 0) is 11.2 Å². The van der Waals surface area contributed by atoms with Gasteiger partial charge in [-0.1, -0.05) is 20.8 Å². The molecule has 3 aliphatic rings. The normalized spacial score (nSPS) is 21.3. The fraction of sp³-hybridized carbons (Fsp3) is 0.441. The Hall–Kier alpha value is -3.91. The van der Waals surface area contributed by atoms with Crippen LogP contribution in [0.5, 0.6) is 0 Å². The zero-order chi connectivity index (χ0) is 30.0. The van der Waals surface area contributed by atoms with Gasteiger partial charge < -0.3 is 15.1 Å². The minimum absolute atomic E-state index is 0.0162. The summed E-state index contributed by atoms with van der Waals surface area (Å²) in [4.78, 5) is 55.7. The number of hydrogen-bond acceptors (Lipinski definition) is 6. The lowest BCUT2D eigenvalue weighted by Gasteiger charge is -2.16. The van der Waals surface area contributed by atoms with Gasteiger partial charge in [0, 0.05) is 81.3 Å². The number of rotatable bonds is 6. The topological polar surface area (TPSA) is 129 Å². The van der Waals surface area contributed by atoms with Crippen LogP contribution >= 0.6 is 0 Å². The number of nitrogens with zero attached hydrogens (tertiary/aromatic N) is 2. The number of aliphatic hydroxyl groups is 1. The van der Waals surface area contributed by atoms with Crippen LogP contribution in [0, 0.1) is 13.8 Å². The standard InChI is InChI=1S/C34H38N4O4/c1-7-21-15(2)24-13-29-31(19(6)40)17(4)26(36-29)11-25-16(3)22(9-8-20(41)14-39)33(37-25)23-10-30(42)32-18(5)27(38-34(23)32)12-28(21)35-24/h11-13,15-16,21-22,36,38-39H,7-10,14H2,1-6H3/t15-,16+,21-,22+/m1/s1. The van der Waals surface area contributed by atoms with Crippen molar-refractivity contribution >= 4 is 39.4 Å². The number of Topliss-reactive ketones (excluding diaryl/α,β-unsaturated/α-hetero) is 3. The predicted molar refractivity (Wildman–Crippen MR) is 162 cm³/mol. The number of carbonyl (C=O) groups is 3. The molecule has 8 nitrogen and oxygen atoms in total. The van der Waals surface area contributed by atoms with Crippen LogP contribution in [0.3, 0.4) is 0 Å². The van der Waals surface area contributed by atoms with Crippen molar-refractivity contribution in [3.8, 4) is 0 Å². The Balaban J connectivity index is 1.74. The number of nitrogens with one attached hydrogen (secondary N) is 2. The molecule has 3 N–H and O–H groups in total. The second kappa shape index (κ2) is 10.4. The summed E-state index contributed by atoms with van der Waals surface area (Å²) < 4.78 is 0. The van der Waals surface area contributed by atoms with Gasteiger partial charge in [-0.25, -0.2) is 0 Å². The third kappa shape index (κ3) is 4.35. The average Bonchev–Trinajstić information content (AvgIpc) is 3.70. The minimum Gasteiger partial charge on any atom is -0.389 e. The van der Waals surface area contributed by atoms with Gasteiger partial charge in [-0.05, 0) is 62.9 Å². The van der Waals surface area contributed by atoms with E-state index in [0.717, 1.165) is 68.0 Å². The Kier molecular flexibility index (Phi) is 7.00. The first-order valence-electron chi connectivity index (χ1n) is 15.0. The van der Waals surface area contributed by atoms with Crippen molar-refractivity contribution < 1.29 is 19.5 Å².